The van der Waals surface area contributed by atoms with Gasteiger partial charge in [0.2, 0.25) is 11.5 Å². The van der Waals surface area contributed by atoms with E-state index in [-0.39, 0.29) is 6.10 Å². The van der Waals surface area contributed by atoms with Gasteiger partial charge in [0.15, 0.2) is 0 Å². The summed E-state index contributed by atoms with van der Waals surface area (Å²) in [4.78, 5) is 32.6. The lowest BCUT2D eigenvalue weighted by molar-refractivity contribution is 0.0533. The number of carbonyl (C=O) groups is 2. The van der Waals surface area contributed by atoms with Crippen LogP contribution >= 0.6 is 0 Å². The summed E-state index contributed by atoms with van der Waals surface area (Å²) >= 11 is 0. The molecule has 6 rings (SSSR count). The summed E-state index contributed by atoms with van der Waals surface area (Å²) in [6.07, 6.45) is 1.77. The molecular formula is C39H43N7O7. The van der Waals surface area contributed by atoms with Crippen LogP contribution in [0.25, 0.3) is 49.5 Å². The fourth-order valence-corrected chi connectivity index (χ4v) is 5.20. The Kier molecular flexibility index (Phi) is 11.0. The number of hydroxylamine groups is 1. The van der Waals surface area contributed by atoms with Crippen molar-refractivity contribution in [3.8, 4) is 28.6 Å². The molecule has 0 aliphatic carbocycles. The smallest absolute Gasteiger partial charge is 0.418 e. The fourth-order valence-electron chi connectivity index (χ4n) is 5.20. The van der Waals surface area contributed by atoms with Gasteiger partial charge in [-0.05, 0) is 122 Å². The maximum Gasteiger partial charge on any atom is 0.418 e. The third-order valence-electron chi connectivity index (χ3n) is 7.46. The van der Waals surface area contributed by atoms with E-state index in [1.807, 2.05) is 91.2 Å². The SMILES string of the molecule is CC(C)(C)OC(=O)n1ccc2cc(C(N)NO)ccc21.[C-]#[N+]c1cc(-c2nc(-c3ccc4c(ccn4C(=O)OC(C)(C)C)c3)no2)ccc1OC(C)C. The van der Waals surface area contributed by atoms with Crippen LogP contribution in [-0.2, 0) is 9.47 Å². The molecule has 0 radical (unpaired) electrons. The number of hydrogen-bond acceptors (Lipinski definition) is 11. The van der Waals surface area contributed by atoms with Gasteiger partial charge in [-0.1, -0.05) is 11.2 Å². The van der Waals surface area contributed by atoms with Crippen molar-refractivity contribution in [3.05, 3.63) is 96.1 Å². The molecule has 0 fully saturated rings. The number of rotatable bonds is 6. The number of nitrogens with zero attached hydrogens (tertiary/aromatic N) is 5. The summed E-state index contributed by atoms with van der Waals surface area (Å²) in [5, 5.41) is 14.6. The largest absolute Gasteiger partial charge is 0.502 e. The van der Waals surface area contributed by atoms with E-state index < -0.39 is 29.6 Å². The maximum absolute atomic E-state index is 12.5. The molecule has 14 heteroatoms. The van der Waals surface area contributed by atoms with Gasteiger partial charge in [-0.25, -0.2) is 14.4 Å². The summed E-state index contributed by atoms with van der Waals surface area (Å²) in [5.74, 6) is 1.23. The maximum atomic E-state index is 12.5. The zero-order valence-corrected chi connectivity index (χ0v) is 30.9. The van der Waals surface area contributed by atoms with Crippen LogP contribution in [-0.4, -0.2) is 54.0 Å². The molecular weight excluding hydrogens is 678 g/mol. The van der Waals surface area contributed by atoms with Gasteiger partial charge in [0.25, 0.3) is 5.89 Å². The summed E-state index contributed by atoms with van der Waals surface area (Å²) in [6.45, 7) is 22.2. The third kappa shape index (κ3) is 9.27. The number of carbonyl (C=O) groups excluding carboxylic acids is 2. The molecule has 3 aromatic carbocycles. The van der Waals surface area contributed by atoms with Crippen LogP contribution in [0.5, 0.6) is 5.75 Å². The second-order valence-corrected chi connectivity index (χ2v) is 14.4. The van der Waals surface area contributed by atoms with Crippen LogP contribution in [0.4, 0.5) is 15.3 Å². The number of fused-ring (bicyclic) bond motifs is 2. The Balaban J connectivity index is 0.000000231. The minimum absolute atomic E-state index is 0.0357. The molecule has 1 atom stereocenters. The first-order valence-corrected chi connectivity index (χ1v) is 16.8. The highest BCUT2D eigenvalue weighted by molar-refractivity contribution is 5.92. The topological polar surface area (TPSA) is 173 Å². The molecule has 3 heterocycles. The predicted molar refractivity (Wildman–Crippen MR) is 200 cm³/mol. The van der Waals surface area contributed by atoms with E-state index >= 15 is 0 Å². The van der Waals surface area contributed by atoms with E-state index in [2.05, 4.69) is 15.0 Å². The second-order valence-electron chi connectivity index (χ2n) is 14.4. The van der Waals surface area contributed by atoms with Crippen LogP contribution in [0.15, 0.2) is 83.6 Å². The molecule has 0 aliphatic rings. The van der Waals surface area contributed by atoms with Crippen LogP contribution in [0, 0.1) is 6.57 Å². The number of ether oxygens (including phenoxy) is 3. The van der Waals surface area contributed by atoms with Crippen molar-refractivity contribution < 1.29 is 33.5 Å². The highest BCUT2D eigenvalue weighted by atomic mass is 16.6. The Hall–Kier alpha value is -6.01. The van der Waals surface area contributed by atoms with Crippen molar-refractivity contribution in [1.82, 2.24) is 24.8 Å². The summed E-state index contributed by atoms with van der Waals surface area (Å²) in [7, 11) is 0. The van der Waals surface area contributed by atoms with Crippen LogP contribution in [0.3, 0.4) is 0 Å². The molecule has 14 nitrogen and oxygen atoms in total. The lowest BCUT2D eigenvalue weighted by Crippen LogP contribution is -2.27. The molecule has 0 saturated heterocycles. The number of hydrogen-bond donors (Lipinski definition) is 3. The van der Waals surface area contributed by atoms with Gasteiger partial charge in [-0.2, -0.15) is 10.5 Å². The van der Waals surface area contributed by atoms with Gasteiger partial charge in [0.1, 0.15) is 23.1 Å². The highest BCUT2D eigenvalue weighted by Gasteiger charge is 2.21. The average Bonchev–Trinajstić information content (AvgIpc) is 3.85. The molecule has 0 saturated carbocycles. The number of aromatic nitrogens is 4. The van der Waals surface area contributed by atoms with E-state index in [4.69, 9.17) is 36.2 Å². The minimum Gasteiger partial charge on any atom is -0.502 e. The van der Waals surface area contributed by atoms with Crippen LogP contribution in [0.2, 0.25) is 0 Å². The van der Waals surface area contributed by atoms with Crippen molar-refractivity contribution in [1.29, 1.82) is 0 Å². The van der Waals surface area contributed by atoms with E-state index in [0.29, 0.717) is 28.7 Å². The molecule has 0 amide bonds. The predicted octanol–water partition coefficient (Wildman–Crippen LogP) is 8.84. The van der Waals surface area contributed by atoms with Gasteiger partial charge in [0.05, 0.1) is 23.7 Å². The Morgan fingerprint density at radius 2 is 1.42 bits per heavy atom. The average molecular weight is 722 g/mol. The van der Waals surface area contributed by atoms with E-state index in [1.165, 1.54) is 9.13 Å². The summed E-state index contributed by atoms with van der Waals surface area (Å²) in [5.41, 5.74) is 10.5. The van der Waals surface area contributed by atoms with Crippen molar-refractivity contribution in [3.63, 3.8) is 0 Å². The van der Waals surface area contributed by atoms with Gasteiger partial charge < -0.3 is 29.7 Å². The van der Waals surface area contributed by atoms with Gasteiger partial charge >= 0.3 is 12.2 Å². The van der Waals surface area contributed by atoms with Crippen molar-refractivity contribution in [2.24, 2.45) is 5.73 Å². The lowest BCUT2D eigenvalue weighted by Gasteiger charge is -2.19. The lowest BCUT2D eigenvalue weighted by atomic mass is 10.1. The zero-order valence-electron chi connectivity index (χ0n) is 30.9. The number of nitrogens with one attached hydrogen (secondary N) is 1. The monoisotopic (exact) mass is 721 g/mol. The zero-order chi connectivity index (χ0) is 38.7. The molecule has 3 aromatic heterocycles. The third-order valence-corrected chi connectivity index (χ3v) is 7.46. The standard InChI is InChI=1S/C25H24N4O4.C14H19N3O3/c1-15(2)31-21-10-8-18(14-19(21)26-6)23-27-22(28-33-23)17-7-9-20-16(13-17)11-12-29(20)24(30)32-25(3,4)5;1-14(2,3)20-13(18)17-7-6-9-8-10(12(15)16-19)4-5-11(9)17/h7-15H,1-5H3;4-8,12,16,19H,15H2,1-3H3. The van der Waals surface area contributed by atoms with E-state index in [9.17, 15) is 9.59 Å². The molecule has 0 bridgehead atoms. The Bertz CT molecular complexity index is 2300. The van der Waals surface area contributed by atoms with E-state index in [1.54, 1.807) is 48.8 Å². The van der Waals surface area contributed by atoms with Crippen molar-refractivity contribution in [2.45, 2.75) is 78.9 Å². The summed E-state index contributed by atoms with van der Waals surface area (Å²) < 4.78 is 24.8. The molecule has 53 heavy (non-hydrogen) atoms. The highest BCUT2D eigenvalue weighted by Crippen LogP contribution is 2.34. The molecule has 4 N–H and O–H groups in total. The summed E-state index contributed by atoms with van der Waals surface area (Å²) in [6, 6.07) is 19.7. The number of nitrogens with two attached hydrogens (primary N) is 1. The Labute approximate surface area is 306 Å². The Morgan fingerprint density at radius 3 is 1.96 bits per heavy atom. The molecule has 1 unspecified atom stereocenters. The first-order valence-electron chi connectivity index (χ1n) is 16.8. The second kappa shape index (κ2) is 15.3. The van der Waals surface area contributed by atoms with Crippen molar-refractivity contribution >= 4 is 39.7 Å². The van der Waals surface area contributed by atoms with Crippen LogP contribution < -0.4 is 16.0 Å². The van der Waals surface area contributed by atoms with Gasteiger partial charge in [-0.3, -0.25) is 9.13 Å². The number of benzene rings is 3. The van der Waals surface area contributed by atoms with Gasteiger partial charge in [-0.15, -0.1) is 0 Å². The van der Waals surface area contributed by atoms with E-state index in [0.717, 1.165) is 32.9 Å². The van der Waals surface area contributed by atoms with Crippen molar-refractivity contribution in [2.75, 3.05) is 0 Å². The first-order chi connectivity index (χ1) is 25.0. The Morgan fingerprint density at radius 1 is 0.849 bits per heavy atom. The molecule has 0 aliphatic heterocycles. The molecule has 6 aromatic rings. The fraction of sp³-hybridized carbons (Fsp3) is 0.308. The van der Waals surface area contributed by atoms with Gasteiger partial charge in [0, 0.05) is 34.3 Å². The first kappa shape index (κ1) is 38.2. The normalized spacial score (nSPS) is 12.3. The molecule has 0 spiro atoms. The van der Waals surface area contributed by atoms with Crippen LogP contribution in [0.1, 0.15) is 67.1 Å². The molecule has 276 valence electrons. The minimum atomic E-state index is -0.663. The quantitative estimate of drug-likeness (QED) is 0.0852.